The molecule has 0 aliphatic heterocycles. The van der Waals surface area contributed by atoms with E-state index in [0.717, 1.165) is 39.2 Å². The number of hydrogen-bond acceptors (Lipinski definition) is 3. The average Bonchev–Trinajstić information content (AvgIpc) is 2.76. The van der Waals surface area contributed by atoms with Gasteiger partial charge in [-0.2, -0.15) is 0 Å². The SMILES string of the molecule is CC(=O)Nc1ccc(CCCC(=O)O)cc1/C(C)=N/c1cc(-c2ccccc2)ccc1C. The fraction of sp³-hybridized carbons (Fsp3) is 0.222. The lowest BCUT2D eigenvalue weighted by Gasteiger charge is -2.13. The summed E-state index contributed by atoms with van der Waals surface area (Å²) in [4.78, 5) is 27.5. The molecule has 3 rings (SSSR count). The fourth-order valence-electron chi connectivity index (χ4n) is 3.57. The molecule has 1 amide bonds. The zero-order chi connectivity index (χ0) is 23.1. The Bertz CT molecular complexity index is 1150. The minimum atomic E-state index is -0.799. The number of benzene rings is 3. The number of anilines is 1. The van der Waals surface area contributed by atoms with Crippen LogP contribution in [0.25, 0.3) is 11.1 Å². The number of carboxylic acids is 1. The second-order valence-electron chi connectivity index (χ2n) is 7.87. The molecule has 0 aliphatic rings. The highest BCUT2D eigenvalue weighted by molar-refractivity contribution is 6.07. The molecule has 0 unspecified atom stereocenters. The molecule has 0 saturated carbocycles. The van der Waals surface area contributed by atoms with Crippen molar-refractivity contribution < 1.29 is 14.7 Å². The number of carboxylic acid groups (broad SMARTS) is 1. The Morgan fingerprint density at radius 1 is 0.938 bits per heavy atom. The molecule has 32 heavy (non-hydrogen) atoms. The number of aliphatic carboxylic acids is 1. The van der Waals surface area contributed by atoms with Gasteiger partial charge in [0.05, 0.1) is 5.69 Å². The molecule has 0 fully saturated rings. The van der Waals surface area contributed by atoms with Crippen LogP contribution in [0.3, 0.4) is 0 Å². The average molecular weight is 429 g/mol. The molecule has 0 radical (unpaired) electrons. The lowest BCUT2D eigenvalue weighted by molar-refractivity contribution is -0.137. The smallest absolute Gasteiger partial charge is 0.303 e. The van der Waals surface area contributed by atoms with Gasteiger partial charge in [0.1, 0.15) is 0 Å². The largest absolute Gasteiger partial charge is 0.481 e. The number of aliphatic imine (C=N–C) groups is 1. The van der Waals surface area contributed by atoms with Crippen LogP contribution < -0.4 is 5.32 Å². The lowest BCUT2D eigenvalue weighted by Crippen LogP contribution is -2.11. The molecule has 3 aromatic rings. The number of nitrogens with one attached hydrogen (secondary N) is 1. The van der Waals surface area contributed by atoms with E-state index in [1.807, 2.05) is 50.2 Å². The van der Waals surface area contributed by atoms with E-state index in [2.05, 4.69) is 35.6 Å². The molecule has 5 heteroatoms. The van der Waals surface area contributed by atoms with Crippen molar-refractivity contribution in [2.75, 3.05) is 5.32 Å². The summed E-state index contributed by atoms with van der Waals surface area (Å²) in [6.07, 6.45) is 1.33. The maximum Gasteiger partial charge on any atom is 0.303 e. The van der Waals surface area contributed by atoms with Gasteiger partial charge in [0.15, 0.2) is 0 Å². The van der Waals surface area contributed by atoms with E-state index in [0.29, 0.717) is 18.5 Å². The van der Waals surface area contributed by atoms with Crippen LogP contribution in [-0.4, -0.2) is 22.7 Å². The second-order valence-corrected chi connectivity index (χ2v) is 7.87. The van der Waals surface area contributed by atoms with Gasteiger partial charge < -0.3 is 10.4 Å². The van der Waals surface area contributed by atoms with Gasteiger partial charge >= 0.3 is 5.97 Å². The van der Waals surface area contributed by atoms with Gasteiger partial charge in [0, 0.05) is 30.3 Å². The van der Waals surface area contributed by atoms with E-state index in [-0.39, 0.29) is 12.3 Å². The predicted molar refractivity (Wildman–Crippen MR) is 130 cm³/mol. The summed E-state index contributed by atoms with van der Waals surface area (Å²) in [7, 11) is 0. The summed E-state index contributed by atoms with van der Waals surface area (Å²) in [5.74, 6) is -0.952. The molecule has 164 valence electrons. The van der Waals surface area contributed by atoms with E-state index < -0.39 is 5.97 Å². The lowest BCUT2D eigenvalue weighted by atomic mass is 10.00. The maximum atomic E-state index is 11.7. The Balaban J connectivity index is 1.98. The number of amides is 1. The normalized spacial score (nSPS) is 11.3. The standard InChI is InChI=1S/C27H28N2O3/c1-18-12-14-23(22-9-5-4-6-10-22)17-26(18)28-19(2)24-16-21(8-7-11-27(31)32)13-15-25(24)29-20(3)30/h4-6,9-10,12-17H,7-8,11H2,1-3H3,(H,29,30)(H,31,32)/b28-19+. The molecule has 0 atom stereocenters. The molecule has 3 aromatic carbocycles. The van der Waals surface area contributed by atoms with Gasteiger partial charge in [-0.25, -0.2) is 0 Å². The minimum absolute atomic E-state index is 0.126. The molecule has 0 saturated heterocycles. The molecular formula is C27H28N2O3. The van der Waals surface area contributed by atoms with Crippen LogP contribution in [0.5, 0.6) is 0 Å². The third-order valence-electron chi connectivity index (χ3n) is 5.24. The van der Waals surface area contributed by atoms with Crippen LogP contribution in [0, 0.1) is 6.92 Å². The highest BCUT2D eigenvalue weighted by Crippen LogP contribution is 2.29. The number of carbonyl (C=O) groups excluding carboxylic acids is 1. The summed E-state index contributed by atoms with van der Waals surface area (Å²) in [5, 5.41) is 11.8. The highest BCUT2D eigenvalue weighted by atomic mass is 16.4. The number of rotatable bonds is 8. The van der Waals surface area contributed by atoms with Crippen molar-refractivity contribution >= 4 is 29.0 Å². The van der Waals surface area contributed by atoms with E-state index >= 15 is 0 Å². The first-order valence-electron chi connectivity index (χ1n) is 10.7. The summed E-state index contributed by atoms with van der Waals surface area (Å²) >= 11 is 0. The Morgan fingerprint density at radius 2 is 1.69 bits per heavy atom. The van der Waals surface area contributed by atoms with Gasteiger partial charge in [-0.3, -0.25) is 14.6 Å². The second kappa shape index (κ2) is 10.5. The van der Waals surface area contributed by atoms with Gasteiger partial charge in [-0.1, -0.05) is 48.5 Å². The van der Waals surface area contributed by atoms with Crippen LogP contribution in [0.2, 0.25) is 0 Å². The monoisotopic (exact) mass is 428 g/mol. The van der Waals surface area contributed by atoms with Crippen molar-refractivity contribution in [3.05, 3.63) is 83.4 Å². The topological polar surface area (TPSA) is 78.8 Å². The molecule has 5 nitrogen and oxygen atoms in total. The third kappa shape index (κ3) is 6.14. The van der Waals surface area contributed by atoms with Gasteiger partial charge in [-0.05, 0) is 67.1 Å². The molecular weight excluding hydrogens is 400 g/mol. The molecule has 2 N–H and O–H groups in total. The Morgan fingerprint density at radius 3 is 2.38 bits per heavy atom. The molecule has 0 aliphatic carbocycles. The first kappa shape index (κ1) is 22.9. The number of carbonyl (C=O) groups is 2. The Labute approximate surface area is 188 Å². The van der Waals surface area contributed by atoms with Gasteiger partial charge in [0.2, 0.25) is 5.91 Å². The number of nitrogens with zero attached hydrogens (tertiary/aromatic N) is 1. The molecule has 0 spiro atoms. The first-order valence-corrected chi connectivity index (χ1v) is 10.7. The predicted octanol–water partition coefficient (Wildman–Crippen LogP) is 6.17. The van der Waals surface area contributed by atoms with Crippen LogP contribution in [-0.2, 0) is 16.0 Å². The van der Waals surface area contributed by atoms with E-state index in [9.17, 15) is 9.59 Å². The molecule has 0 aromatic heterocycles. The first-order chi connectivity index (χ1) is 15.3. The number of hydrogen-bond donors (Lipinski definition) is 2. The molecule has 0 heterocycles. The Kier molecular flexibility index (Phi) is 7.55. The van der Waals surface area contributed by atoms with Crippen molar-refractivity contribution in [3.8, 4) is 11.1 Å². The van der Waals surface area contributed by atoms with Gasteiger partial charge in [0.25, 0.3) is 0 Å². The van der Waals surface area contributed by atoms with Crippen molar-refractivity contribution in [1.29, 1.82) is 0 Å². The summed E-state index contributed by atoms with van der Waals surface area (Å²) in [6.45, 7) is 5.43. The van der Waals surface area contributed by atoms with Crippen molar-refractivity contribution in [2.24, 2.45) is 4.99 Å². The third-order valence-corrected chi connectivity index (χ3v) is 5.24. The van der Waals surface area contributed by atoms with Gasteiger partial charge in [-0.15, -0.1) is 0 Å². The van der Waals surface area contributed by atoms with Crippen LogP contribution in [0.1, 0.15) is 43.4 Å². The van der Waals surface area contributed by atoms with Crippen LogP contribution in [0.15, 0.2) is 71.7 Å². The highest BCUT2D eigenvalue weighted by Gasteiger charge is 2.11. The minimum Gasteiger partial charge on any atom is -0.481 e. The fourth-order valence-corrected chi connectivity index (χ4v) is 3.57. The van der Waals surface area contributed by atoms with Crippen molar-refractivity contribution in [3.63, 3.8) is 0 Å². The van der Waals surface area contributed by atoms with Crippen molar-refractivity contribution in [2.45, 2.75) is 40.0 Å². The van der Waals surface area contributed by atoms with Crippen LogP contribution >= 0.6 is 0 Å². The van der Waals surface area contributed by atoms with Crippen molar-refractivity contribution in [1.82, 2.24) is 0 Å². The summed E-state index contributed by atoms with van der Waals surface area (Å²) in [5.41, 5.74) is 7.46. The van der Waals surface area contributed by atoms with E-state index in [1.165, 1.54) is 6.92 Å². The quantitative estimate of drug-likeness (QED) is 0.421. The van der Waals surface area contributed by atoms with E-state index in [1.54, 1.807) is 0 Å². The maximum absolute atomic E-state index is 11.7. The summed E-state index contributed by atoms with van der Waals surface area (Å²) < 4.78 is 0. The number of aryl methyl sites for hydroxylation is 2. The zero-order valence-electron chi connectivity index (χ0n) is 18.7. The summed E-state index contributed by atoms with van der Waals surface area (Å²) in [6, 6.07) is 22.2. The van der Waals surface area contributed by atoms with Crippen LogP contribution in [0.4, 0.5) is 11.4 Å². The van der Waals surface area contributed by atoms with E-state index in [4.69, 9.17) is 10.1 Å². The zero-order valence-corrected chi connectivity index (χ0v) is 18.7. The molecule has 0 bridgehead atoms. The Hall–Kier alpha value is -3.73.